The van der Waals surface area contributed by atoms with E-state index < -0.39 is 6.10 Å². The molecule has 0 spiro atoms. The Morgan fingerprint density at radius 2 is 1.77 bits per heavy atom. The molecule has 6 nitrogen and oxygen atoms in total. The van der Waals surface area contributed by atoms with Crippen molar-refractivity contribution < 1.29 is 14.3 Å². The van der Waals surface area contributed by atoms with Crippen LogP contribution in [0.4, 0.5) is 11.4 Å². The number of aromatic nitrogens is 1. The summed E-state index contributed by atoms with van der Waals surface area (Å²) in [5.74, 6) is 0.615. The smallest absolute Gasteiger partial charge is 0.268 e. The van der Waals surface area contributed by atoms with Crippen LogP contribution in [-0.4, -0.2) is 29.4 Å². The SMILES string of the molecule is Cc1nc(-c2ccc3c(c2)N(CC(=O)Nc2c(C(C)C)cccc2C(C)C)C(=O)C(C)O3)c(C)s1. The highest BCUT2D eigenvalue weighted by Gasteiger charge is 2.33. The van der Waals surface area contributed by atoms with Gasteiger partial charge in [-0.25, -0.2) is 4.98 Å². The van der Waals surface area contributed by atoms with Gasteiger partial charge in [0.05, 0.1) is 16.4 Å². The normalized spacial score (nSPS) is 15.4. The summed E-state index contributed by atoms with van der Waals surface area (Å²) in [4.78, 5) is 33.8. The number of carbonyl (C=O) groups is 2. The summed E-state index contributed by atoms with van der Waals surface area (Å²) < 4.78 is 5.86. The van der Waals surface area contributed by atoms with Crippen LogP contribution in [0.1, 0.15) is 67.5 Å². The first kappa shape index (κ1) is 24.9. The van der Waals surface area contributed by atoms with E-state index in [1.54, 1.807) is 18.3 Å². The zero-order valence-corrected chi connectivity index (χ0v) is 22.2. The molecule has 1 aliphatic heterocycles. The van der Waals surface area contributed by atoms with E-state index in [0.717, 1.165) is 38.0 Å². The van der Waals surface area contributed by atoms with Crippen LogP contribution in [0.15, 0.2) is 36.4 Å². The number of anilines is 2. The highest BCUT2D eigenvalue weighted by atomic mass is 32.1. The predicted molar refractivity (Wildman–Crippen MR) is 143 cm³/mol. The van der Waals surface area contributed by atoms with E-state index in [-0.39, 0.29) is 30.2 Å². The largest absolute Gasteiger partial charge is 0.479 e. The Morgan fingerprint density at radius 1 is 1.11 bits per heavy atom. The van der Waals surface area contributed by atoms with Crippen molar-refractivity contribution in [2.45, 2.75) is 66.4 Å². The minimum Gasteiger partial charge on any atom is -0.479 e. The molecule has 2 heterocycles. The van der Waals surface area contributed by atoms with E-state index in [2.05, 4.69) is 38.0 Å². The lowest BCUT2D eigenvalue weighted by molar-refractivity contribution is -0.127. The third kappa shape index (κ3) is 4.96. The van der Waals surface area contributed by atoms with Crippen LogP contribution in [-0.2, 0) is 9.59 Å². The van der Waals surface area contributed by atoms with E-state index in [1.807, 2.05) is 50.2 Å². The van der Waals surface area contributed by atoms with Gasteiger partial charge in [0.15, 0.2) is 6.10 Å². The van der Waals surface area contributed by atoms with Crippen molar-refractivity contribution in [1.82, 2.24) is 4.98 Å². The maximum absolute atomic E-state index is 13.3. The zero-order chi connectivity index (χ0) is 25.4. The fourth-order valence-electron chi connectivity index (χ4n) is 4.53. The molecule has 1 aromatic heterocycles. The van der Waals surface area contributed by atoms with E-state index in [0.29, 0.717) is 11.4 Å². The molecule has 1 unspecified atom stereocenters. The number of fused-ring (bicyclic) bond motifs is 1. The number of ether oxygens (including phenoxy) is 1. The zero-order valence-electron chi connectivity index (χ0n) is 21.4. The van der Waals surface area contributed by atoms with Crippen LogP contribution in [0.2, 0.25) is 0 Å². The second-order valence-corrected chi connectivity index (χ2v) is 11.1. The number of rotatable bonds is 6. The number of carbonyl (C=O) groups excluding carboxylic acids is 2. The monoisotopic (exact) mass is 491 g/mol. The van der Waals surface area contributed by atoms with Crippen LogP contribution < -0.4 is 15.0 Å². The van der Waals surface area contributed by atoms with Gasteiger partial charge in [-0.1, -0.05) is 45.9 Å². The average Bonchev–Trinajstić information content (AvgIpc) is 3.14. The summed E-state index contributed by atoms with van der Waals surface area (Å²) >= 11 is 1.64. The minimum atomic E-state index is -0.668. The number of hydrogen-bond acceptors (Lipinski definition) is 5. The fraction of sp³-hybridized carbons (Fsp3) is 0.393. The van der Waals surface area contributed by atoms with Crippen molar-refractivity contribution in [3.05, 3.63) is 57.4 Å². The first-order valence-electron chi connectivity index (χ1n) is 12.1. The molecular formula is C28H33N3O3S. The number of nitrogens with zero attached hydrogens (tertiary/aromatic N) is 2. The standard InChI is InChI=1S/C28H33N3O3S/c1-15(2)21-9-8-10-22(16(3)4)27(21)30-25(32)14-31-23-13-20(26-18(6)35-19(7)29-26)11-12-24(23)34-17(5)28(31)33/h8-13,15-17H,14H2,1-7H3,(H,30,32). The topological polar surface area (TPSA) is 71.5 Å². The Labute approximate surface area is 211 Å². The lowest BCUT2D eigenvalue weighted by atomic mass is 9.92. The molecule has 2 amide bonds. The molecule has 1 atom stereocenters. The fourth-order valence-corrected chi connectivity index (χ4v) is 5.37. The van der Waals surface area contributed by atoms with Gasteiger partial charge < -0.3 is 10.1 Å². The molecular weight excluding hydrogens is 458 g/mol. The van der Waals surface area contributed by atoms with E-state index in [1.165, 1.54) is 4.90 Å². The highest BCUT2D eigenvalue weighted by Crippen LogP contribution is 2.39. The number of nitrogens with one attached hydrogen (secondary N) is 1. The molecule has 35 heavy (non-hydrogen) atoms. The molecule has 7 heteroatoms. The van der Waals surface area contributed by atoms with Gasteiger partial charge in [-0.2, -0.15) is 0 Å². The molecule has 1 N–H and O–H groups in total. The quantitative estimate of drug-likeness (QED) is 0.431. The minimum absolute atomic E-state index is 0.0952. The summed E-state index contributed by atoms with van der Waals surface area (Å²) in [6.45, 7) is 14.1. The number of benzene rings is 2. The van der Waals surface area contributed by atoms with E-state index >= 15 is 0 Å². The van der Waals surface area contributed by atoms with Crippen molar-refractivity contribution >= 4 is 34.5 Å². The predicted octanol–water partition coefficient (Wildman–Crippen LogP) is 6.43. The average molecular weight is 492 g/mol. The molecule has 0 saturated carbocycles. The van der Waals surface area contributed by atoms with Crippen LogP contribution >= 0.6 is 11.3 Å². The second-order valence-electron chi connectivity index (χ2n) is 9.67. The molecule has 0 saturated heterocycles. The van der Waals surface area contributed by atoms with Gasteiger partial charge in [0.1, 0.15) is 12.3 Å². The Hall–Kier alpha value is -3.19. The summed E-state index contributed by atoms with van der Waals surface area (Å²) in [5.41, 5.74) is 5.39. The lowest BCUT2D eigenvalue weighted by Crippen LogP contribution is -2.47. The number of hydrogen-bond donors (Lipinski definition) is 1. The molecule has 0 bridgehead atoms. The van der Waals surface area contributed by atoms with Gasteiger partial charge in [0.2, 0.25) is 5.91 Å². The summed E-state index contributed by atoms with van der Waals surface area (Å²) in [7, 11) is 0. The number of aryl methyl sites for hydroxylation is 2. The molecule has 2 aromatic carbocycles. The molecule has 0 radical (unpaired) electrons. The summed E-state index contributed by atoms with van der Waals surface area (Å²) in [5, 5.41) is 4.11. The first-order chi connectivity index (χ1) is 16.6. The van der Waals surface area contributed by atoms with Gasteiger partial charge in [-0.05, 0) is 61.9 Å². The van der Waals surface area contributed by atoms with Gasteiger partial charge in [-0.15, -0.1) is 11.3 Å². The van der Waals surface area contributed by atoms with Gasteiger partial charge in [0, 0.05) is 16.1 Å². The van der Waals surface area contributed by atoms with Crippen LogP contribution in [0.25, 0.3) is 11.3 Å². The third-order valence-electron chi connectivity index (χ3n) is 6.28. The first-order valence-corrected chi connectivity index (χ1v) is 12.9. The van der Waals surface area contributed by atoms with Crippen molar-refractivity contribution in [2.24, 2.45) is 0 Å². The Balaban J connectivity index is 1.68. The lowest BCUT2D eigenvalue weighted by Gasteiger charge is -2.33. The Morgan fingerprint density at radius 3 is 2.34 bits per heavy atom. The van der Waals surface area contributed by atoms with E-state index in [4.69, 9.17) is 4.74 Å². The Bertz CT molecular complexity index is 1250. The maximum atomic E-state index is 13.3. The Kier molecular flexibility index (Phi) is 6.99. The number of para-hydroxylation sites is 1. The number of thiazole rings is 1. The van der Waals surface area contributed by atoms with Crippen molar-refractivity contribution in [1.29, 1.82) is 0 Å². The van der Waals surface area contributed by atoms with Crippen molar-refractivity contribution in [3.63, 3.8) is 0 Å². The number of amides is 2. The molecule has 4 rings (SSSR count). The molecule has 1 aliphatic rings. The van der Waals surface area contributed by atoms with Crippen molar-refractivity contribution in [3.8, 4) is 17.0 Å². The third-order valence-corrected chi connectivity index (χ3v) is 7.17. The molecule has 3 aromatic rings. The summed E-state index contributed by atoms with van der Waals surface area (Å²) in [6.07, 6.45) is -0.668. The maximum Gasteiger partial charge on any atom is 0.268 e. The second kappa shape index (κ2) is 9.82. The van der Waals surface area contributed by atoms with Crippen LogP contribution in [0.5, 0.6) is 5.75 Å². The molecule has 0 fully saturated rings. The van der Waals surface area contributed by atoms with Crippen LogP contribution in [0, 0.1) is 13.8 Å². The molecule has 184 valence electrons. The van der Waals surface area contributed by atoms with Gasteiger partial charge in [0.25, 0.3) is 5.91 Å². The van der Waals surface area contributed by atoms with Gasteiger partial charge in [-0.3, -0.25) is 14.5 Å². The molecule has 0 aliphatic carbocycles. The highest BCUT2D eigenvalue weighted by molar-refractivity contribution is 7.11. The van der Waals surface area contributed by atoms with Crippen LogP contribution in [0.3, 0.4) is 0 Å². The van der Waals surface area contributed by atoms with Crippen molar-refractivity contribution in [2.75, 3.05) is 16.8 Å². The summed E-state index contributed by atoms with van der Waals surface area (Å²) in [6, 6.07) is 11.8. The van der Waals surface area contributed by atoms with Gasteiger partial charge >= 0.3 is 0 Å². The van der Waals surface area contributed by atoms with E-state index in [9.17, 15) is 9.59 Å².